The van der Waals surface area contributed by atoms with Crippen LogP contribution < -0.4 is 16.6 Å². The van der Waals surface area contributed by atoms with Crippen molar-refractivity contribution in [1.82, 2.24) is 19.5 Å². The highest BCUT2D eigenvalue weighted by Crippen LogP contribution is 2.32. The number of rotatable bonds is 8. The summed E-state index contributed by atoms with van der Waals surface area (Å²) in [7, 11) is 0. The third-order valence-corrected chi connectivity index (χ3v) is 4.56. The maximum absolute atomic E-state index is 14.3. The molecule has 26 heavy (non-hydrogen) atoms. The molecule has 0 bridgehead atoms. The van der Waals surface area contributed by atoms with Crippen LogP contribution in [0.2, 0.25) is 0 Å². The molecular formula is C16H25FN6O3. The molecule has 3 rings (SSSR count). The summed E-state index contributed by atoms with van der Waals surface area (Å²) >= 11 is 0. The first-order valence-corrected chi connectivity index (χ1v) is 8.91. The van der Waals surface area contributed by atoms with E-state index in [1.54, 1.807) is 6.92 Å². The van der Waals surface area contributed by atoms with Gasteiger partial charge < -0.3 is 20.9 Å². The Morgan fingerprint density at radius 2 is 2.19 bits per heavy atom. The molecule has 0 aliphatic carbocycles. The van der Waals surface area contributed by atoms with Gasteiger partial charge >= 0.3 is 0 Å². The van der Waals surface area contributed by atoms with E-state index in [2.05, 4.69) is 20.3 Å². The van der Waals surface area contributed by atoms with Crippen LogP contribution in [0.15, 0.2) is 11.1 Å². The zero-order valence-corrected chi connectivity index (χ0v) is 14.7. The van der Waals surface area contributed by atoms with Gasteiger partial charge in [-0.25, -0.2) is 9.37 Å². The lowest BCUT2D eigenvalue weighted by molar-refractivity contribution is -0.0137. The topological polar surface area (TPSA) is 131 Å². The molecule has 1 aliphatic rings. The largest absolute Gasteiger partial charge is 0.387 e. The molecule has 1 fully saturated rings. The Morgan fingerprint density at radius 3 is 2.88 bits per heavy atom. The van der Waals surface area contributed by atoms with Crippen molar-refractivity contribution in [1.29, 1.82) is 0 Å². The van der Waals surface area contributed by atoms with E-state index in [-0.39, 0.29) is 11.2 Å². The zero-order valence-electron chi connectivity index (χ0n) is 14.7. The molecule has 3 heterocycles. The summed E-state index contributed by atoms with van der Waals surface area (Å²) in [4.78, 5) is 23.2. The maximum Gasteiger partial charge on any atom is 0.280 e. The highest BCUT2D eigenvalue weighted by atomic mass is 19.1. The first-order chi connectivity index (χ1) is 12.5. The van der Waals surface area contributed by atoms with Crippen molar-refractivity contribution in [3.8, 4) is 0 Å². The number of aromatic amines is 1. The second-order valence-electron chi connectivity index (χ2n) is 6.54. The second kappa shape index (κ2) is 8.11. The fourth-order valence-corrected chi connectivity index (χ4v) is 3.05. The number of aromatic nitrogens is 4. The average molecular weight is 368 g/mol. The Kier molecular flexibility index (Phi) is 5.84. The van der Waals surface area contributed by atoms with E-state index < -0.39 is 30.2 Å². The molecule has 144 valence electrons. The van der Waals surface area contributed by atoms with Gasteiger partial charge in [-0.05, 0) is 26.3 Å². The van der Waals surface area contributed by atoms with Crippen LogP contribution in [0.1, 0.15) is 38.8 Å². The van der Waals surface area contributed by atoms with Gasteiger partial charge in [0.15, 0.2) is 23.6 Å². The molecule has 1 saturated heterocycles. The number of anilines is 1. The minimum Gasteiger partial charge on any atom is -0.387 e. The SMILES string of the molecule is C[C@H]1O[C@@H](n2cnc3c(=O)[nH]c(NCCCCCCN)nc32)[C@H](F)[C@@H]1O. The first-order valence-electron chi connectivity index (χ1n) is 8.91. The van der Waals surface area contributed by atoms with Crippen LogP contribution in [0.3, 0.4) is 0 Å². The van der Waals surface area contributed by atoms with Crippen LogP contribution in [0.5, 0.6) is 0 Å². The molecule has 5 N–H and O–H groups in total. The molecule has 2 aromatic heterocycles. The van der Waals surface area contributed by atoms with Crippen molar-refractivity contribution in [3.05, 3.63) is 16.7 Å². The predicted octanol–water partition coefficient (Wildman–Crippen LogP) is 0.667. The molecule has 0 aromatic carbocycles. The quantitative estimate of drug-likeness (QED) is 0.504. The molecule has 4 atom stereocenters. The monoisotopic (exact) mass is 368 g/mol. The summed E-state index contributed by atoms with van der Waals surface area (Å²) in [6.45, 7) is 2.93. The normalized spacial score (nSPS) is 25.8. The summed E-state index contributed by atoms with van der Waals surface area (Å²) < 4.78 is 21.1. The number of nitrogens with zero attached hydrogens (tertiary/aromatic N) is 3. The van der Waals surface area contributed by atoms with Crippen molar-refractivity contribution in [2.24, 2.45) is 5.73 Å². The van der Waals surface area contributed by atoms with Gasteiger partial charge in [0.2, 0.25) is 5.95 Å². The van der Waals surface area contributed by atoms with E-state index >= 15 is 0 Å². The third-order valence-electron chi connectivity index (χ3n) is 4.56. The predicted molar refractivity (Wildman–Crippen MR) is 94.6 cm³/mol. The number of hydrogen-bond acceptors (Lipinski definition) is 7. The summed E-state index contributed by atoms with van der Waals surface area (Å²) in [5, 5.41) is 12.8. The number of halogens is 1. The molecule has 0 unspecified atom stereocenters. The number of aliphatic hydroxyl groups is 1. The lowest BCUT2D eigenvalue weighted by Gasteiger charge is -2.15. The Balaban J connectivity index is 1.76. The number of imidazole rings is 1. The highest BCUT2D eigenvalue weighted by Gasteiger charge is 2.43. The minimum atomic E-state index is -1.62. The van der Waals surface area contributed by atoms with Crippen molar-refractivity contribution in [3.63, 3.8) is 0 Å². The minimum absolute atomic E-state index is 0.100. The van der Waals surface area contributed by atoms with E-state index in [1.807, 2.05) is 0 Å². The fraction of sp³-hybridized carbons (Fsp3) is 0.688. The van der Waals surface area contributed by atoms with Crippen molar-refractivity contribution in [2.45, 2.75) is 57.2 Å². The smallest absolute Gasteiger partial charge is 0.280 e. The van der Waals surface area contributed by atoms with Crippen molar-refractivity contribution >= 4 is 17.1 Å². The molecule has 1 aliphatic heterocycles. The maximum atomic E-state index is 14.3. The van der Waals surface area contributed by atoms with Gasteiger partial charge in [0, 0.05) is 6.54 Å². The molecule has 2 aromatic rings. The number of nitrogens with two attached hydrogens (primary N) is 1. The first kappa shape index (κ1) is 18.7. The van der Waals surface area contributed by atoms with Crippen LogP contribution in [-0.2, 0) is 4.74 Å². The Hall–Kier alpha value is -2.04. The third kappa shape index (κ3) is 3.71. The number of ether oxygens (including phenoxy) is 1. The average Bonchev–Trinajstić information content (AvgIpc) is 3.15. The van der Waals surface area contributed by atoms with Gasteiger partial charge in [-0.15, -0.1) is 0 Å². The van der Waals surface area contributed by atoms with E-state index in [0.717, 1.165) is 25.7 Å². The van der Waals surface area contributed by atoms with Gasteiger partial charge in [0.05, 0.1) is 12.4 Å². The lowest BCUT2D eigenvalue weighted by atomic mass is 10.2. The van der Waals surface area contributed by atoms with Crippen LogP contribution in [0.4, 0.5) is 10.3 Å². The van der Waals surface area contributed by atoms with Gasteiger partial charge in [0.25, 0.3) is 5.56 Å². The number of alkyl halides is 1. The van der Waals surface area contributed by atoms with Crippen molar-refractivity contribution < 1.29 is 14.2 Å². The van der Waals surface area contributed by atoms with E-state index in [0.29, 0.717) is 19.0 Å². The summed E-state index contributed by atoms with van der Waals surface area (Å²) in [5.74, 6) is 0.296. The molecule has 0 radical (unpaired) electrons. The second-order valence-corrected chi connectivity index (χ2v) is 6.54. The van der Waals surface area contributed by atoms with Gasteiger partial charge in [-0.3, -0.25) is 14.3 Å². The zero-order chi connectivity index (χ0) is 18.7. The highest BCUT2D eigenvalue weighted by molar-refractivity contribution is 5.70. The summed E-state index contributed by atoms with van der Waals surface area (Å²) in [5.41, 5.74) is 5.36. The number of unbranched alkanes of at least 4 members (excludes halogenated alkanes) is 3. The van der Waals surface area contributed by atoms with Gasteiger partial charge in [-0.2, -0.15) is 4.98 Å². The van der Waals surface area contributed by atoms with Gasteiger partial charge in [0.1, 0.15) is 6.10 Å². The molecule has 0 amide bonds. The molecular weight excluding hydrogens is 343 g/mol. The summed E-state index contributed by atoms with van der Waals surface area (Å²) in [6, 6.07) is 0. The van der Waals surface area contributed by atoms with Gasteiger partial charge in [-0.1, -0.05) is 12.8 Å². The molecule has 9 nitrogen and oxygen atoms in total. The molecule has 10 heteroatoms. The Morgan fingerprint density at radius 1 is 1.42 bits per heavy atom. The lowest BCUT2D eigenvalue weighted by Crippen LogP contribution is -2.26. The molecule has 0 spiro atoms. The Labute approximate surface area is 149 Å². The number of nitrogens with one attached hydrogen (secondary N) is 2. The number of H-pyrrole nitrogens is 1. The standard InChI is InChI=1S/C16H25FN6O3/c1-9-12(24)10(17)15(26-9)23-8-20-11-13(23)21-16(22-14(11)25)19-7-5-3-2-4-6-18/h8-10,12,15,24H,2-7,18H2,1H3,(H2,19,21,22,25)/t9-,10-,12-,15-/m1/s1. The van der Waals surface area contributed by atoms with E-state index in [4.69, 9.17) is 10.5 Å². The van der Waals surface area contributed by atoms with Crippen LogP contribution >= 0.6 is 0 Å². The van der Waals surface area contributed by atoms with E-state index in [1.165, 1.54) is 10.9 Å². The summed E-state index contributed by atoms with van der Waals surface area (Å²) in [6.07, 6.45) is 0.747. The number of fused-ring (bicyclic) bond motifs is 1. The number of aliphatic hydroxyl groups excluding tert-OH is 1. The molecule has 0 saturated carbocycles. The fourth-order valence-electron chi connectivity index (χ4n) is 3.05. The van der Waals surface area contributed by atoms with Crippen molar-refractivity contribution in [2.75, 3.05) is 18.4 Å². The van der Waals surface area contributed by atoms with Crippen LogP contribution in [-0.4, -0.2) is 56.1 Å². The van der Waals surface area contributed by atoms with E-state index in [9.17, 15) is 14.3 Å². The van der Waals surface area contributed by atoms with Crippen LogP contribution in [0, 0.1) is 0 Å². The number of hydrogen-bond donors (Lipinski definition) is 4. The Bertz CT molecular complexity index is 794. The van der Waals surface area contributed by atoms with Crippen LogP contribution in [0.25, 0.3) is 11.2 Å².